The molecular weight excluding hydrogens is 348 g/mol. The molecule has 0 aliphatic carbocycles. The summed E-state index contributed by atoms with van der Waals surface area (Å²) in [5, 5.41) is 8.33. The van der Waals surface area contributed by atoms with Crippen LogP contribution in [0.25, 0.3) is 0 Å². The summed E-state index contributed by atoms with van der Waals surface area (Å²) in [6.45, 7) is 8.40. The number of aryl methyl sites for hydroxylation is 2. The van der Waals surface area contributed by atoms with Crippen molar-refractivity contribution in [1.29, 1.82) is 0 Å². The topological polar surface area (TPSA) is 42.7 Å². The van der Waals surface area contributed by atoms with Crippen LogP contribution in [0.5, 0.6) is 0 Å². The maximum absolute atomic E-state index is 4.69. The predicted octanol–water partition coefficient (Wildman–Crippen LogP) is 3.97. The van der Waals surface area contributed by atoms with Crippen LogP contribution in [0.1, 0.15) is 49.5 Å². The van der Waals surface area contributed by atoms with Crippen LogP contribution in [0.15, 0.2) is 16.2 Å². The highest BCUT2D eigenvalue weighted by Gasteiger charge is 2.20. The summed E-state index contributed by atoms with van der Waals surface area (Å²) in [6, 6.07) is 0.306. The molecule has 0 aliphatic heterocycles. The second-order valence-corrected chi connectivity index (χ2v) is 6.70. The fourth-order valence-corrected chi connectivity index (χ4v) is 3.82. The number of rotatable bonds is 8. The fourth-order valence-electron chi connectivity index (χ4n) is 2.40. The zero-order valence-corrected chi connectivity index (χ0v) is 15.3. The Morgan fingerprint density at radius 1 is 1.38 bits per heavy atom. The van der Waals surface area contributed by atoms with Crippen LogP contribution < -0.4 is 5.32 Å². The Bertz CT molecular complexity index is 550. The zero-order valence-electron chi connectivity index (χ0n) is 12.9. The highest BCUT2D eigenvalue weighted by atomic mass is 79.9. The molecule has 2 rings (SSSR count). The van der Waals surface area contributed by atoms with Crippen LogP contribution in [-0.4, -0.2) is 21.3 Å². The molecule has 1 unspecified atom stereocenters. The van der Waals surface area contributed by atoms with E-state index in [0.717, 1.165) is 38.0 Å². The van der Waals surface area contributed by atoms with Gasteiger partial charge in [0.25, 0.3) is 0 Å². The average Bonchev–Trinajstić information content (AvgIpc) is 3.12. The average molecular weight is 371 g/mol. The molecule has 0 aromatic carbocycles. The van der Waals surface area contributed by atoms with Crippen molar-refractivity contribution in [3.05, 3.63) is 32.4 Å². The van der Waals surface area contributed by atoms with Gasteiger partial charge in [-0.25, -0.2) is 0 Å². The van der Waals surface area contributed by atoms with Gasteiger partial charge in [0.05, 0.1) is 21.4 Å². The van der Waals surface area contributed by atoms with Crippen molar-refractivity contribution in [3.63, 3.8) is 0 Å². The minimum absolute atomic E-state index is 0.306. The molecule has 0 bridgehead atoms. The van der Waals surface area contributed by atoms with Gasteiger partial charge in [-0.05, 0) is 42.2 Å². The van der Waals surface area contributed by atoms with E-state index in [-0.39, 0.29) is 0 Å². The number of nitrogens with zero attached hydrogens (tertiary/aromatic N) is 3. The highest BCUT2D eigenvalue weighted by molar-refractivity contribution is 9.10. The first-order valence-electron chi connectivity index (χ1n) is 7.56. The molecule has 4 nitrogen and oxygen atoms in total. The van der Waals surface area contributed by atoms with Crippen LogP contribution in [-0.2, 0) is 19.4 Å². The number of thiazole rings is 1. The van der Waals surface area contributed by atoms with Crippen LogP contribution >= 0.6 is 27.3 Å². The Balaban J connectivity index is 2.25. The van der Waals surface area contributed by atoms with Crippen LogP contribution in [0.3, 0.4) is 0 Å². The molecule has 0 spiro atoms. The molecule has 21 heavy (non-hydrogen) atoms. The van der Waals surface area contributed by atoms with E-state index >= 15 is 0 Å². The maximum atomic E-state index is 4.69. The SMILES string of the molecule is CCCNC(Cc1c(Br)c(CC)nn1CC)c1cncs1. The first-order chi connectivity index (χ1) is 10.2. The van der Waals surface area contributed by atoms with Crippen molar-refractivity contribution >= 4 is 27.3 Å². The number of hydrogen-bond acceptors (Lipinski definition) is 4. The standard InChI is InChI=1S/C15H23BrN4S/c1-4-7-18-12(14-9-17-10-21-14)8-13-15(16)11(5-2)19-20(13)6-3/h9-10,12,18H,4-8H2,1-3H3. The summed E-state index contributed by atoms with van der Waals surface area (Å²) in [5.74, 6) is 0. The van der Waals surface area contributed by atoms with E-state index in [4.69, 9.17) is 5.10 Å². The minimum atomic E-state index is 0.306. The van der Waals surface area contributed by atoms with Gasteiger partial charge >= 0.3 is 0 Å². The van der Waals surface area contributed by atoms with Crippen LogP contribution in [0, 0.1) is 0 Å². The Morgan fingerprint density at radius 3 is 2.76 bits per heavy atom. The van der Waals surface area contributed by atoms with Crippen molar-refractivity contribution in [1.82, 2.24) is 20.1 Å². The van der Waals surface area contributed by atoms with Crippen LogP contribution in [0.2, 0.25) is 0 Å². The van der Waals surface area contributed by atoms with E-state index < -0.39 is 0 Å². The summed E-state index contributed by atoms with van der Waals surface area (Å²) in [6.07, 6.45) is 4.99. The Hall–Kier alpha value is -0.720. The maximum Gasteiger partial charge on any atom is 0.0794 e. The molecule has 0 aliphatic rings. The monoisotopic (exact) mass is 370 g/mol. The molecule has 2 heterocycles. The lowest BCUT2D eigenvalue weighted by Crippen LogP contribution is -2.24. The Kier molecular flexibility index (Phi) is 6.39. The molecule has 2 aromatic heterocycles. The highest BCUT2D eigenvalue weighted by Crippen LogP contribution is 2.28. The largest absolute Gasteiger partial charge is 0.309 e. The molecule has 0 saturated heterocycles. The molecule has 0 radical (unpaired) electrons. The molecule has 0 fully saturated rings. The second kappa shape index (κ2) is 8.06. The summed E-state index contributed by atoms with van der Waals surface area (Å²) < 4.78 is 3.28. The molecule has 116 valence electrons. The first kappa shape index (κ1) is 16.6. The summed E-state index contributed by atoms with van der Waals surface area (Å²) >= 11 is 5.45. The third-order valence-corrected chi connectivity index (χ3v) is 5.33. The summed E-state index contributed by atoms with van der Waals surface area (Å²) in [4.78, 5) is 5.51. The van der Waals surface area contributed by atoms with Gasteiger partial charge in [-0.2, -0.15) is 5.10 Å². The fraction of sp³-hybridized carbons (Fsp3) is 0.600. The lowest BCUT2D eigenvalue weighted by atomic mass is 10.1. The molecule has 6 heteroatoms. The van der Waals surface area contributed by atoms with E-state index in [1.54, 1.807) is 11.3 Å². The predicted molar refractivity (Wildman–Crippen MR) is 91.8 cm³/mol. The number of aromatic nitrogens is 3. The first-order valence-corrected chi connectivity index (χ1v) is 9.24. The Labute approximate surface area is 139 Å². The van der Waals surface area contributed by atoms with E-state index in [2.05, 4.69) is 51.7 Å². The summed E-state index contributed by atoms with van der Waals surface area (Å²) in [7, 11) is 0. The van der Waals surface area contributed by atoms with E-state index in [1.807, 2.05) is 11.7 Å². The van der Waals surface area contributed by atoms with Gasteiger partial charge in [-0.1, -0.05) is 13.8 Å². The third-order valence-electron chi connectivity index (χ3n) is 3.53. The van der Waals surface area contributed by atoms with Gasteiger partial charge in [0.2, 0.25) is 0 Å². The zero-order chi connectivity index (χ0) is 15.2. The molecular formula is C15H23BrN4S. The van der Waals surface area contributed by atoms with Gasteiger partial charge in [-0.3, -0.25) is 9.67 Å². The molecule has 0 amide bonds. The molecule has 1 N–H and O–H groups in total. The lowest BCUT2D eigenvalue weighted by Gasteiger charge is -2.17. The lowest BCUT2D eigenvalue weighted by molar-refractivity contribution is 0.507. The van der Waals surface area contributed by atoms with E-state index in [1.165, 1.54) is 15.0 Å². The number of halogens is 1. The van der Waals surface area contributed by atoms with Crippen molar-refractivity contribution in [2.75, 3.05) is 6.54 Å². The second-order valence-electron chi connectivity index (χ2n) is 4.99. The van der Waals surface area contributed by atoms with Gasteiger partial charge in [0, 0.05) is 30.1 Å². The quantitative estimate of drug-likeness (QED) is 0.764. The molecule has 2 aromatic rings. The normalized spacial score (nSPS) is 12.8. The van der Waals surface area contributed by atoms with Crippen molar-refractivity contribution in [2.24, 2.45) is 0 Å². The Morgan fingerprint density at radius 2 is 2.19 bits per heavy atom. The minimum Gasteiger partial charge on any atom is -0.309 e. The summed E-state index contributed by atoms with van der Waals surface area (Å²) in [5.41, 5.74) is 4.32. The van der Waals surface area contributed by atoms with E-state index in [9.17, 15) is 0 Å². The van der Waals surface area contributed by atoms with Gasteiger partial charge in [0.15, 0.2) is 0 Å². The molecule has 1 atom stereocenters. The third kappa shape index (κ3) is 3.93. The number of hydrogen-bond donors (Lipinski definition) is 1. The molecule has 0 saturated carbocycles. The van der Waals surface area contributed by atoms with Gasteiger partial charge < -0.3 is 5.32 Å². The van der Waals surface area contributed by atoms with Crippen LogP contribution in [0.4, 0.5) is 0 Å². The van der Waals surface area contributed by atoms with E-state index in [0.29, 0.717) is 6.04 Å². The van der Waals surface area contributed by atoms with Crippen molar-refractivity contribution in [3.8, 4) is 0 Å². The van der Waals surface area contributed by atoms with Crippen molar-refractivity contribution in [2.45, 2.75) is 52.6 Å². The van der Waals surface area contributed by atoms with Crippen molar-refractivity contribution < 1.29 is 0 Å². The smallest absolute Gasteiger partial charge is 0.0794 e. The van der Waals surface area contributed by atoms with Gasteiger partial charge in [-0.15, -0.1) is 11.3 Å². The number of nitrogens with one attached hydrogen (secondary N) is 1. The van der Waals surface area contributed by atoms with Gasteiger partial charge in [0.1, 0.15) is 0 Å².